The Morgan fingerprint density at radius 3 is 2.45 bits per heavy atom. The molecule has 0 amide bonds. The van der Waals surface area contributed by atoms with Crippen molar-refractivity contribution in [3.05, 3.63) is 64.7 Å². The molecule has 1 N–H and O–H groups in total. The van der Waals surface area contributed by atoms with Gasteiger partial charge in [-0.05, 0) is 42.9 Å². The van der Waals surface area contributed by atoms with Gasteiger partial charge in [-0.25, -0.2) is 8.78 Å². The van der Waals surface area contributed by atoms with Gasteiger partial charge in [0.1, 0.15) is 11.6 Å². The first-order chi connectivity index (χ1) is 9.58. The number of halogens is 3. The molecule has 2 aromatic rings. The molecule has 0 bridgehead atoms. The van der Waals surface area contributed by atoms with E-state index in [1.54, 1.807) is 18.8 Å². The number of hydrogen-bond donors (Lipinski definition) is 1. The van der Waals surface area contributed by atoms with Gasteiger partial charge in [-0.2, -0.15) is 0 Å². The first kappa shape index (κ1) is 15.3. The molecule has 0 aliphatic carbocycles. The summed E-state index contributed by atoms with van der Waals surface area (Å²) in [7, 11) is 1.77. The summed E-state index contributed by atoms with van der Waals surface area (Å²) in [5.41, 5.74) is 0.597. The lowest BCUT2D eigenvalue weighted by atomic mass is 10.1. The van der Waals surface area contributed by atoms with Crippen LogP contribution in [0.1, 0.15) is 11.6 Å². The van der Waals surface area contributed by atoms with Gasteiger partial charge in [-0.15, -0.1) is 11.8 Å². The minimum Gasteiger partial charge on any atom is -0.312 e. The number of hydrogen-bond acceptors (Lipinski definition) is 2. The normalized spacial score (nSPS) is 12.4. The second-order valence-corrected chi connectivity index (χ2v) is 5.84. The standard InChI is InChI=1S/C15H14ClF2NS/c1-19-15(10-5-12(17)8-13(18)6-10)9-20-14-4-2-3-11(16)7-14/h2-8,15,19H,9H2,1H3. The molecule has 0 saturated carbocycles. The van der Waals surface area contributed by atoms with E-state index in [4.69, 9.17) is 11.6 Å². The van der Waals surface area contributed by atoms with Crippen LogP contribution in [0, 0.1) is 11.6 Å². The maximum atomic E-state index is 13.2. The van der Waals surface area contributed by atoms with Gasteiger partial charge in [-0.3, -0.25) is 0 Å². The van der Waals surface area contributed by atoms with E-state index in [1.807, 2.05) is 24.3 Å². The maximum absolute atomic E-state index is 13.2. The van der Waals surface area contributed by atoms with E-state index in [1.165, 1.54) is 12.1 Å². The zero-order valence-corrected chi connectivity index (χ0v) is 12.4. The number of benzene rings is 2. The van der Waals surface area contributed by atoms with Crippen LogP contribution in [-0.2, 0) is 0 Å². The first-order valence-electron chi connectivity index (χ1n) is 6.10. The highest BCUT2D eigenvalue weighted by Gasteiger charge is 2.12. The monoisotopic (exact) mass is 313 g/mol. The average molecular weight is 314 g/mol. The van der Waals surface area contributed by atoms with Gasteiger partial charge < -0.3 is 5.32 Å². The van der Waals surface area contributed by atoms with Crippen LogP contribution in [0.2, 0.25) is 5.02 Å². The molecule has 1 unspecified atom stereocenters. The molecule has 0 spiro atoms. The molecule has 0 fully saturated rings. The van der Waals surface area contributed by atoms with Crippen molar-refractivity contribution < 1.29 is 8.78 Å². The summed E-state index contributed by atoms with van der Waals surface area (Å²) >= 11 is 7.51. The fraction of sp³-hybridized carbons (Fsp3) is 0.200. The van der Waals surface area contributed by atoms with E-state index in [0.717, 1.165) is 11.0 Å². The SMILES string of the molecule is CNC(CSc1cccc(Cl)c1)c1cc(F)cc(F)c1. The molecule has 20 heavy (non-hydrogen) atoms. The molecule has 0 heterocycles. The lowest BCUT2D eigenvalue weighted by Crippen LogP contribution is -2.19. The Morgan fingerprint density at radius 2 is 1.85 bits per heavy atom. The Bertz CT molecular complexity index is 572. The smallest absolute Gasteiger partial charge is 0.126 e. The van der Waals surface area contributed by atoms with Crippen molar-refractivity contribution in [1.82, 2.24) is 5.32 Å². The zero-order valence-electron chi connectivity index (χ0n) is 10.9. The lowest BCUT2D eigenvalue weighted by Gasteiger charge is -2.16. The predicted molar refractivity (Wildman–Crippen MR) is 80.3 cm³/mol. The largest absolute Gasteiger partial charge is 0.312 e. The Labute approximate surface area is 126 Å². The Balaban J connectivity index is 2.09. The van der Waals surface area contributed by atoms with Crippen molar-refractivity contribution in [2.24, 2.45) is 0 Å². The van der Waals surface area contributed by atoms with Crippen molar-refractivity contribution in [2.45, 2.75) is 10.9 Å². The topological polar surface area (TPSA) is 12.0 Å². The summed E-state index contributed by atoms with van der Waals surface area (Å²) < 4.78 is 26.5. The van der Waals surface area contributed by atoms with E-state index in [2.05, 4.69) is 5.32 Å². The van der Waals surface area contributed by atoms with Gasteiger partial charge in [0, 0.05) is 27.8 Å². The second-order valence-electron chi connectivity index (χ2n) is 4.31. The minimum atomic E-state index is -0.562. The number of rotatable bonds is 5. The lowest BCUT2D eigenvalue weighted by molar-refractivity contribution is 0.568. The van der Waals surface area contributed by atoms with Crippen molar-refractivity contribution in [3.63, 3.8) is 0 Å². The van der Waals surface area contributed by atoms with Crippen LogP contribution in [0.3, 0.4) is 0 Å². The zero-order chi connectivity index (χ0) is 14.5. The van der Waals surface area contributed by atoms with Crippen LogP contribution in [0.5, 0.6) is 0 Å². The van der Waals surface area contributed by atoms with Crippen LogP contribution in [0.25, 0.3) is 0 Å². The summed E-state index contributed by atoms with van der Waals surface area (Å²) in [6.07, 6.45) is 0. The van der Waals surface area contributed by atoms with Gasteiger partial charge in [0.2, 0.25) is 0 Å². The third-order valence-corrected chi connectivity index (χ3v) is 4.17. The maximum Gasteiger partial charge on any atom is 0.126 e. The Hall–Kier alpha value is -1.10. The van der Waals surface area contributed by atoms with E-state index >= 15 is 0 Å². The van der Waals surface area contributed by atoms with Crippen LogP contribution < -0.4 is 5.32 Å². The fourth-order valence-corrected chi connectivity index (χ4v) is 3.22. The highest BCUT2D eigenvalue weighted by atomic mass is 35.5. The number of thioether (sulfide) groups is 1. The number of nitrogens with one attached hydrogen (secondary N) is 1. The first-order valence-corrected chi connectivity index (χ1v) is 7.46. The molecule has 0 radical (unpaired) electrons. The van der Waals surface area contributed by atoms with Gasteiger partial charge in [0.05, 0.1) is 0 Å². The highest BCUT2D eigenvalue weighted by molar-refractivity contribution is 7.99. The van der Waals surface area contributed by atoms with Crippen LogP contribution in [0.4, 0.5) is 8.78 Å². The predicted octanol–water partition coefficient (Wildman–Crippen LogP) is 4.67. The molecule has 0 aliphatic heterocycles. The molecule has 1 atom stereocenters. The molecule has 2 aromatic carbocycles. The molecule has 5 heteroatoms. The van der Waals surface area contributed by atoms with Gasteiger partial charge in [-0.1, -0.05) is 17.7 Å². The summed E-state index contributed by atoms with van der Waals surface area (Å²) in [6.45, 7) is 0. The van der Waals surface area contributed by atoms with Crippen LogP contribution in [0.15, 0.2) is 47.4 Å². The van der Waals surface area contributed by atoms with Crippen LogP contribution in [-0.4, -0.2) is 12.8 Å². The van der Waals surface area contributed by atoms with Crippen molar-refractivity contribution in [3.8, 4) is 0 Å². The molecule has 0 aliphatic rings. The molecule has 106 valence electrons. The fourth-order valence-electron chi connectivity index (χ4n) is 1.86. The van der Waals surface area contributed by atoms with E-state index in [9.17, 15) is 8.78 Å². The minimum absolute atomic E-state index is 0.135. The summed E-state index contributed by atoms with van der Waals surface area (Å²) in [6, 6.07) is 10.9. The van der Waals surface area contributed by atoms with Gasteiger partial charge in [0.25, 0.3) is 0 Å². The molecular weight excluding hydrogens is 300 g/mol. The van der Waals surface area contributed by atoms with E-state index in [0.29, 0.717) is 16.3 Å². The molecular formula is C15H14ClF2NS. The van der Waals surface area contributed by atoms with Crippen LogP contribution >= 0.6 is 23.4 Å². The third-order valence-electron chi connectivity index (χ3n) is 2.85. The van der Waals surface area contributed by atoms with E-state index in [-0.39, 0.29) is 6.04 Å². The molecule has 2 rings (SSSR count). The summed E-state index contributed by atoms with van der Waals surface area (Å²) in [5.74, 6) is -0.472. The molecule has 0 saturated heterocycles. The van der Waals surface area contributed by atoms with Crippen molar-refractivity contribution in [2.75, 3.05) is 12.8 Å². The second kappa shape index (κ2) is 7.07. The highest BCUT2D eigenvalue weighted by Crippen LogP contribution is 2.27. The summed E-state index contributed by atoms with van der Waals surface area (Å²) in [4.78, 5) is 1.02. The summed E-state index contributed by atoms with van der Waals surface area (Å²) in [5, 5.41) is 3.74. The van der Waals surface area contributed by atoms with Gasteiger partial charge in [0.15, 0.2) is 0 Å². The van der Waals surface area contributed by atoms with Crippen molar-refractivity contribution >= 4 is 23.4 Å². The molecule has 1 nitrogen and oxygen atoms in total. The Morgan fingerprint density at radius 1 is 1.15 bits per heavy atom. The average Bonchev–Trinajstić information content (AvgIpc) is 2.38. The van der Waals surface area contributed by atoms with Crippen molar-refractivity contribution in [1.29, 1.82) is 0 Å². The quantitative estimate of drug-likeness (QED) is 0.805. The van der Waals surface area contributed by atoms with E-state index < -0.39 is 11.6 Å². The Kier molecular flexibility index (Phi) is 5.40. The molecule has 0 aromatic heterocycles. The van der Waals surface area contributed by atoms with Gasteiger partial charge >= 0.3 is 0 Å². The third kappa shape index (κ3) is 4.20.